The molecule has 1 aliphatic heterocycles. The van der Waals surface area contributed by atoms with Gasteiger partial charge < -0.3 is 0 Å². The molecule has 0 aromatic carbocycles. The maximum atomic E-state index is 11.3. The number of nitrogens with one attached hydrogen (secondary N) is 1. The predicted molar refractivity (Wildman–Crippen MR) is 41.0 cm³/mol. The summed E-state index contributed by atoms with van der Waals surface area (Å²) in [7, 11) is 0. The van der Waals surface area contributed by atoms with Gasteiger partial charge in [-0.25, -0.2) is 0 Å². The van der Waals surface area contributed by atoms with Gasteiger partial charge in [0.25, 0.3) is 5.91 Å². The molecule has 12 heavy (non-hydrogen) atoms. The largest absolute Gasteiger partial charge is 0.292 e. The number of rotatable bonds is 0. The van der Waals surface area contributed by atoms with Crippen LogP contribution in [0.3, 0.4) is 0 Å². The van der Waals surface area contributed by atoms with Gasteiger partial charge in [0, 0.05) is 5.57 Å². The summed E-state index contributed by atoms with van der Waals surface area (Å²) in [6, 6.07) is 0. The van der Waals surface area contributed by atoms with E-state index in [1.807, 2.05) is 0 Å². The fraction of sp³-hybridized carbons (Fsp3) is 0.556. The number of allylic oxidation sites excluding steroid dienone is 1. The van der Waals surface area contributed by atoms with E-state index in [1.165, 1.54) is 5.57 Å². The molecule has 0 aromatic rings. The molecule has 2 aliphatic carbocycles. The average Bonchev–Trinajstić information content (AvgIpc) is 2.64. The Bertz CT molecular complexity index is 329. The molecule has 2 bridgehead atoms. The van der Waals surface area contributed by atoms with Crippen molar-refractivity contribution in [3.05, 3.63) is 11.1 Å². The first-order valence-corrected chi connectivity index (χ1v) is 4.34. The highest BCUT2D eigenvalue weighted by Gasteiger charge is 2.50. The van der Waals surface area contributed by atoms with E-state index < -0.39 is 0 Å². The minimum atomic E-state index is -0.123. The molecule has 3 nitrogen and oxygen atoms in total. The van der Waals surface area contributed by atoms with E-state index >= 15 is 0 Å². The fourth-order valence-electron chi connectivity index (χ4n) is 2.77. The molecule has 1 heterocycles. The number of carbonyl (C=O) groups excluding carboxylic acids is 2. The minimum absolute atomic E-state index is 0.0605. The smallest absolute Gasteiger partial charge is 0.254 e. The van der Waals surface area contributed by atoms with Crippen LogP contribution in [0.25, 0.3) is 0 Å². The summed E-state index contributed by atoms with van der Waals surface area (Å²) < 4.78 is 0. The van der Waals surface area contributed by atoms with Crippen molar-refractivity contribution < 1.29 is 9.59 Å². The molecule has 3 heteroatoms. The van der Waals surface area contributed by atoms with E-state index in [-0.39, 0.29) is 17.7 Å². The van der Waals surface area contributed by atoms with Gasteiger partial charge in [-0.1, -0.05) is 5.57 Å². The number of imide groups is 1. The molecule has 0 radical (unpaired) electrons. The van der Waals surface area contributed by atoms with Crippen LogP contribution in [0.5, 0.6) is 0 Å². The minimum Gasteiger partial charge on any atom is -0.292 e. The molecule has 0 aromatic heterocycles. The van der Waals surface area contributed by atoms with Crippen molar-refractivity contribution >= 4 is 11.8 Å². The van der Waals surface area contributed by atoms with Crippen LogP contribution in [0.1, 0.15) is 19.3 Å². The van der Waals surface area contributed by atoms with Gasteiger partial charge in [0.05, 0.1) is 5.92 Å². The lowest BCUT2D eigenvalue weighted by molar-refractivity contribution is -0.126. The monoisotopic (exact) mass is 163 g/mol. The van der Waals surface area contributed by atoms with Crippen LogP contribution >= 0.6 is 0 Å². The Kier molecular flexibility index (Phi) is 0.953. The van der Waals surface area contributed by atoms with Crippen LogP contribution in [0.2, 0.25) is 0 Å². The van der Waals surface area contributed by atoms with E-state index in [0.29, 0.717) is 5.92 Å². The highest BCUT2D eigenvalue weighted by molar-refractivity contribution is 6.16. The molecule has 3 aliphatic rings. The first-order valence-electron chi connectivity index (χ1n) is 4.34. The molecule has 1 saturated carbocycles. The third-order valence-electron chi connectivity index (χ3n) is 3.25. The number of amides is 2. The van der Waals surface area contributed by atoms with Crippen molar-refractivity contribution in [3.8, 4) is 0 Å². The summed E-state index contributed by atoms with van der Waals surface area (Å²) in [5.74, 6) is 0.194. The van der Waals surface area contributed by atoms with E-state index in [1.54, 1.807) is 0 Å². The molecule has 2 amide bonds. The first-order chi connectivity index (χ1) is 5.77. The second-order valence-corrected chi connectivity index (χ2v) is 3.82. The van der Waals surface area contributed by atoms with Crippen molar-refractivity contribution in [2.75, 3.05) is 0 Å². The van der Waals surface area contributed by atoms with Crippen molar-refractivity contribution in [3.63, 3.8) is 0 Å². The van der Waals surface area contributed by atoms with Crippen LogP contribution in [0, 0.1) is 11.8 Å². The highest BCUT2D eigenvalue weighted by Crippen LogP contribution is 2.50. The van der Waals surface area contributed by atoms with Crippen LogP contribution in [0.15, 0.2) is 11.1 Å². The zero-order valence-corrected chi connectivity index (χ0v) is 6.59. The molecule has 1 N–H and O–H groups in total. The van der Waals surface area contributed by atoms with Crippen LogP contribution < -0.4 is 5.32 Å². The molecule has 1 saturated heterocycles. The topological polar surface area (TPSA) is 46.2 Å². The van der Waals surface area contributed by atoms with Crippen LogP contribution in [0.4, 0.5) is 0 Å². The molecule has 0 spiro atoms. The molecular weight excluding hydrogens is 154 g/mol. The number of carbonyl (C=O) groups is 2. The zero-order chi connectivity index (χ0) is 8.29. The van der Waals surface area contributed by atoms with Crippen molar-refractivity contribution in [1.82, 2.24) is 5.32 Å². The summed E-state index contributed by atoms with van der Waals surface area (Å²) >= 11 is 0. The molecule has 2 unspecified atom stereocenters. The fourth-order valence-corrected chi connectivity index (χ4v) is 2.77. The zero-order valence-electron chi connectivity index (χ0n) is 6.59. The Balaban J connectivity index is 2.18. The quantitative estimate of drug-likeness (QED) is 0.524. The number of hydrogen-bond acceptors (Lipinski definition) is 2. The second-order valence-electron chi connectivity index (χ2n) is 3.82. The first kappa shape index (κ1) is 6.40. The molecule has 3 rings (SSSR count). The van der Waals surface area contributed by atoms with Crippen molar-refractivity contribution in [2.24, 2.45) is 11.8 Å². The summed E-state index contributed by atoms with van der Waals surface area (Å²) in [4.78, 5) is 22.6. The van der Waals surface area contributed by atoms with Crippen LogP contribution in [-0.2, 0) is 9.59 Å². The Morgan fingerprint density at radius 1 is 1.33 bits per heavy atom. The predicted octanol–water partition coefficient (Wildman–Crippen LogP) is 0.369. The van der Waals surface area contributed by atoms with E-state index in [9.17, 15) is 9.59 Å². The summed E-state index contributed by atoms with van der Waals surface area (Å²) in [5, 5.41) is 2.38. The molecule has 2 fully saturated rings. The maximum Gasteiger partial charge on any atom is 0.254 e. The van der Waals surface area contributed by atoms with Gasteiger partial charge in [-0.2, -0.15) is 0 Å². The van der Waals surface area contributed by atoms with Crippen molar-refractivity contribution in [2.45, 2.75) is 19.3 Å². The lowest BCUT2D eigenvalue weighted by Crippen LogP contribution is -2.24. The third kappa shape index (κ3) is 0.543. The van der Waals surface area contributed by atoms with Gasteiger partial charge in [-0.05, 0) is 25.2 Å². The van der Waals surface area contributed by atoms with E-state index in [2.05, 4.69) is 5.32 Å². The summed E-state index contributed by atoms with van der Waals surface area (Å²) in [6.45, 7) is 0. The molecule has 62 valence electrons. The maximum absolute atomic E-state index is 11.3. The second kappa shape index (κ2) is 1.79. The Hall–Kier alpha value is -1.12. The van der Waals surface area contributed by atoms with Gasteiger partial charge in [0.2, 0.25) is 5.91 Å². The van der Waals surface area contributed by atoms with Gasteiger partial charge >= 0.3 is 0 Å². The number of hydrogen-bond donors (Lipinski definition) is 1. The SMILES string of the molecule is O=C1NC(=O)C2C1=C1CCC2C1. The summed E-state index contributed by atoms with van der Waals surface area (Å²) in [6.07, 6.45) is 3.14. The Morgan fingerprint density at radius 2 is 2.17 bits per heavy atom. The molecular formula is C9H9NO2. The third-order valence-corrected chi connectivity index (χ3v) is 3.25. The average molecular weight is 163 g/mol. The van der Waals surface area contributed by atoms with Gasteiger partial charge in [-0.15, -0.1) is 0 Å². The lowest BCUT2D eigenvalue weighted by Gasteiger charge is -2.12. The normalized spacial score (nSPS) is 37.7. The standard InChI is InChI=1S/C9H9NO2/c11-8-6-4-1-2-5(3-4)7(6)9(12)10-8/h4,6H,1-3H2,(H,10,11,12). The lowest BCUT2D eigenvalue weighted by atomic mass is 9.88. The number of fused-ring (bicyclic) bond motifs is 4. The van der Waals surface area contributed by atoms with Crippen LogP contribution in [-0.4, -0.2) is 11.8 Å². The van der Waals surface area contributed by atoms with Gasteiger partial charge in [0.15, 0.2) is 0 Å². The van der Waals surface area contributed by atoms with E-state index in [0.717, 1.165) is 24.8 Å². The molecule has 2 atom stereocenters. The van der Waals surface area contributed by atoms with E-state index in [4.69, 9.17) is 0 Å². The Labute approximate surface area is 69.8 Å². The Morgan fingerprint density at radius 3 is 2.92 bits per heavy atom. The van der Waals surface area contributed by atoms with Gasteiger partial charge in [0.1, 0.15) is 0 Å². The summed E-state index contributed by atoms with van der Waals surface area (Å²) in [5.41, 5.74) is 2.06. The van der Waals surface area contributed by atoms with Gasteiger partial charge in [-0.3, -0.25) is 14.9 Å². The highest BCUT2D eigenvalue weighted by atomic mass is 16.2. The van der Waals surface area contributed by atoms with Crippen molar-refractivity contribution in [1.29, 1.82) is 0 Å².